The van der Waals surface area contributed by atoms with E-state index in [9.17, 15) is 0 Å². The van der Waals surface area contributed by atoms with Crippen LogP contribution in [0.2, 0.25) is 0 Å². The lowest BCUT2D eigenvalue weighted by molar-refractivity contribution is 0.299. The van der Waals surface area contributed by atoms with Crippen LogP contribution in [0.1, 0.15) is 20.3 Å². The molecule has 1 aromatic heterocycles. The van der Waals surface area contributed by atoms with Crippen molar-refractivity contribution in [1.82, 2.24) is 14.5 Å². The molecular formula is C15H24N4. The minimum Gasteiger partial charge on any atom is -0.354 e. The number of imidazole rings is 1. The molecule has 104 valence electrons. The van der Waals surface area contributed by atoms with E-state index in [1.165, 1.54) is 18.5 Å². The highest BCUT2D eigenvalue weighted by molar-refractivity contribution is 5.78. The first-order valence-electron chi connectivity index (χ1n) is 7.14. The minimum atomic E-state index is 0.936. The number of para-hydroxylation sites is 2. The predicted molar refractivity (Wildman–Crippen MR) is 81.6 cm³/mol. The Morgan fingerprint density at radius 1 is 1.21 bits per heavy atom. The Kier molecular flexibility index (Phi) is 4.80. The van der Waals surface area contributed by atoms with E-state index in [-0.39, 0.29) is 0 Å². The molecule has 1 heterocycles. The van der Waals surface area contributed by atoms with Gasteiger partial charge in [-0.25, -0.2) is 4.98 Å². The Hall–Kier alpha value is -1.55. The molecule has 0 bridgehead atoms. The number of anilines is 1. The Balaban J connectivity index is 1.96. The van der Waals surface area contributed by atoms with Crippen LogP contribution in [0.5, 0.6) is 0 Å². The average Bonchev–Trinajstić information content (AvgIpc) is 2.75. The van der Waals surface area contributed by atoms with E-state index in [4.69, 9.17) is 0 Å². The Bertz CT molecular complexity index is 518. The zero-order valence-corrected chi connectivity index (χ0v) is 12.2. The van der Waals surface area contributed by atoms with Crippen molar-refractivity contribution in [3.63, 3.8) is 0 Å². The van der Waals surface area contributed by atoms with Gasteiger partial charge in [0.05, 0.1) is 11.0 Å². The fourth-order valence-corrected chi connectivity index (χ4v) is 2.37. The standard InChI is InChI=1S/C15H24N4/c1-4-11-19(5-2)12-10-16-15-17-13-8-6-7-9-14(13)18(15)3/h6-9H,4-5,10-12H2,1-3H3,(H,16,17). The van der Waals surface area contributed by atoms with Gasteiger partial charge in [0.15, 0.2) is 0 Å². The molecule has 2 rings (SSSR count). The lowest BCUT2D eigenvalue weighted by Gasteiger charge is -2.19. The molecular weight excluding hydrogens is 236 g/mol. The molecule has 0 saturated carbocycles. The summed E-state index contributed by atoms with van der Waals surface area (Å²) >= 11 is 0. The number of nitrogens with one attached hydrogen (secondary N) is 1. The third-order valence-corrected chi connectivity index (χ3v) is 3.49. The number of benzene rings is 1. The van der Waals surface area contributed by atoms with Crippen molar-refractivity contribution in [2.45, 2.75) is 20.3 Å². The molecule has 0 atom stereocenters. The third-order valence-electron chi connectivity index (χ3n) is 3.49. The molecule has 0 aliphatic rings. The molecule has 1 aromatic carbocycles. The molecule has 4 heteroatoms. The zero-order valence-electron chi connectivity index (χ0n) is 12.2. The summed E-state index contributed by atoms with van der Waals surface area (Å²) in [6.07, 6.45) is 1.21. The lowest BCUT2D eigenvalue weighted by atomic mass is 10.3. The number of aryl methyl sites for hydroxylation is 1. The van der Waals surface area contributed by atoms with Gasteiger partial charge in [0.2, 0.25) is 5.95 Å². The number of likely N-dealkylation sites (N-methyl/N-ethyl adjacent to an activating group) is 1. The normalized spacial score (nSPS) is 11.4. The van der Waals surface area contributed by atoms with Crippen molar-refractivity contribution in [2.24, 2.45) is 7.05 Å². The largest absolute Gasteiger partial charge is 0.354 e. The monoisotopic (exact) mass is 260 g/mol. The van der Waals surface area contributed by atoms with E-state index < -0.39 is 0 Å². The number of hydrogen-bond acceptors (Lipinski definition) is 3. The Morgan fingerprint density at radius 2 is 2.00 bits per heavy atom. The number of rotatable bonds is 7. The highest BCUT2D eigenvalue weighted by Gasteiger charge is 2.06. The van der Waals surface area contributed by atoms with E-state index in [1.54, 1.807) is 0 Å². The van der Waals surface area contributed by atoms with E-state index in [2.05, 4.69) is 52.8 Å². The maximum absolute atomic E-state index is 4.61. The van der Waals surface area contributed by atoms with Crippen LogP contribution in [0.3, 0.4) is 0 Å². The van der Waals surface area contributed by atoms with Crippen LogP contribution in [-0.4, -0.2) is 40.6 Å². The molecule has 0 aliphatic carbocycles. The Morgan fingerprint density at radius 3 is 2.68 bits per heavy atom. The molecule has 19 heavy (non-hydrogen) atoms. The topological polar surface area (TPSA) is 33.1 Å². The molecule has 0 unspecified atom stereocenters. The first kappa shape index (κ1) is 13.9. The van der Waals surface area contributed by atoms with Gasteiger partial charge in [-0.15, -0.1) is 0 Å². The van der Waals surface area contributed by atoms with E-state index in [0.29, 0.717) is 0 Å². The van der Waals surface area contributed by atoms with Crippen LogP contribution in [-0.2, 0) is 7.05 Å². The van der Waals surface area contributed by atoms with Crippen LogP contribution in [0.15, 0.2) is 24.3 Å². The second-order valence-electron chi connectivity index (χ2n) is 4.84. The summed E-state index contributed by atoms with van der Waals surface area (Å²) in [6, 6.07) is 8.23. The van der Waals surface area contributed by atoms with Gasteiger partial charge >= 0.3 is 0 Å². The van der Waals surface area contributed by atoms with Crippen molar-refractivity contribution in [3.05, 3.63) is 24.3 Å². The molecule has 2 aromatic rings. The number of nitrogens with zero attached hydrogens (tertiary/aromatic N) is 3. The Labute approximate surface area is 115 Å². The number of aromatic nitrogens is 2. The van der Waals surface area contributed by atoms with Crippen LogP contribution in [0.25, 0.3) is 11.0 Å². The highest BCUT2D eigenvalue weighted by atomic mass is 15.2. The lowest BCUT2D eigenvalue weighted by Crippen LogP contribution is -2.30. The van der Waals surface area contributed by atoms with Crippen LogP contribution in [0.4, 0.5) is 5.95 Å². The quantitative estimate of drug-likeness (QED) is 0.831. The smallest absolute Gasteiger partial charge is 0.203 e. The maximum atomic E-state index is 4.61. The summed E-state index contributed by atoms with van der Waals surface area (Å²) in [4.78, 5) is 7.07. The van der Waals surface area contributed by atoms with Crippen molar-refractivity contribution in [3.8, 4) is 0 Å². The van der Waals surface area contributed by atoms with Gasteiger partial charge in [0.1, 0.15) is 0 Å². The van der Waals surface area contributed by atoms with Gasteiger partial charge in [0, 0.05) is 20.1 Å². The van der Waals surface area contributed by atoms with E-state index >= 15 is 0 Å². The van der Waals surface area contributed by atoms with Gasteiger partial charge in [-0.1, -0.05) is 26.0 Å². The van der Waals surface area contributed by atoms with Crippen LogP contribution < -0.4 is 5.32 Å². The average molecular weight is 260 g/mol. The summed E-state index contributed by atoms with van der Waals surface area (Å²) < 4.78 is 2.12. The maximum Gasteiger partial charge on any atom is 0.203 e. The first-order valence-corrected chi connectivity index (χ1v) is 7.14. The molecule has 0 spiro atoms. The van der Waals surface area contributed by atoms with Gasteiger partial charge < -0.3 is 14.8 Å². The number of hydrogen-bond donors (Lipinski definition) is 1. The van der Waals surface area contributed by atoms with Crippen molar-refractivity contribution >= 4 is 17.0 Å². The highest BCUT2D eigenvalue weighted by Crippen LogP contribution is 2.17. The minimum absolute atomic E-state index is 0.936. The van der Waals surface area contributed by atoms with Crippen molar-refractivity contribution < 1.29 is 0 Å². The van der Waals surface area contributed by atoms with Crippen molar-refractivity contribution in [2.75, 3.05) is 31.5 Å². The fraction of sp³-hybridized carbons (Fsp3) is 0.533. The second-order valence-corrected chi connectivity index (χ2v) is 4.84. The van der Waals surface area contributed by atoms with Gasteiger partial charge in [-0.05, 0) is 31.6 Å². The summed E-state index contributed by atoms with van der Waals surface area (Å²) in [7, 11) is 2.06. The molecule has 0 amide bonds. The summed E-state index contributed by atoms with van der Waals surface area (Å²) in [6.45, 7) is 8.71. The summed E-state index contributed by atoms with van der Waals surface area (Å²) in [5.41, 5.74) is 2.22. The third kappa shape index (κ3) is 3.26. The molecule has 0 aliphatic heterocycles. The molecule has 1 N–H and O–H groups in total. The predicted octanol–water partition coefficient (Wildman–Crippen LogP) is 2.72. The van der Waals surface area contributed by atoms with Crippen molar-refractivity contribution in [1.29, 1.82) is 0 Å². The molecule has 0 radical (unpaired) electrons. The van der Waals surface area contributed by atoms with Gasteiger partial charge in [0.25, 0.3) is 0 Å². The fourth-order valence-electron chi connectivity index (χ4n) is 2.37. The van der Waals surface area contributed by atoms with Gasteiger partial charge in [-0.3, -0.25) is 0 Å². The molecule has 4 nitrogen and oxygen atoms in total. The summed E-state index contributed by atoms with van der Waals surface area (Å²) in [5, 5.41) is 3.44. The van der Waals surface area contributed by atoms with E-state index in [1.807, 2.05) is 12.1 Å². The zero-order chi connectivity index (χ0) is 13.7. The van der Waals surface area contributed by atoms with Crippen LogP contribution >= 0.6 is 0 Å². The SMILES string of the molecule is CCCN(CC)CCNc1nc2ccccc2n1C. The van der Waals surface area contributed by atoms with Crippen LogP contribution in [0, 0.1) is 0 Å². The summed E-state index contributed by atoms with van der Waals surface area (Å²) in [5.74, 6) is 0.953. The second kappa shape index (κ2) is 6.57. The first-order chi connectivity index (χ1) is 9.26. The molecule has 0 fully saturated rings. The number of fused-ring (bicyclic) bond motifs is 1. The molecule has 0 saturated heterocycles. The van der Waals surface area contributed by atoms with E-state index in [0.717, 1.165) is 31.1 Å². The van der Waals surface area contributed by atoms with Gasteiger partial charge in [-0.2, -0.15) is 0 Å².